The largest absolute Gasteiger partial charge is 0.462 e. The number of halogens is 1. The Morgan fingerprint density at radius 1 is 0.952 bits per heavy atom. The maximum Gasteiger partial charge on any atom is 0.339 e. The number of carbonyl (C=O) groups is 2. The first-order valence-electron chi connectivity index (χ1n) is 7.24. The normalized spacial score (nSPS) is 10.2. The lowest BCUT2D eigenvalue weighted by molar-refractivity contribution is 0.0452. The van der Waals surface area contributed by atoms with E-state index < -0.39 is 11.9 Å². The molecule has 0 aliphatic rings. The zero-order valence-electron chi connectivity index (χ0n) is 12.5. The van der Waals surface area contributed by atoms with Gasteiger partial charge in [-0.05, 0) is 31.0 Å². The summed E-state index contributed by atoms with van der Waals surface area (Å²) in [6.45, 7) is 4.75. The lowest BCUT2D eigenvalue weighted by atomic mass is 10.1. The van der Waals surface area contributed by atoms with Crippen molar-refractivity contribution in [1.82, 2.24) is 0 Å². The van der Waals surface area contributed by atoms with Crippen molar-refractivity contribution in [2.24, 2.45) is 0 Å². The fourth-order valence-electron chi connectivity index (χ4n) is 1.64. The van der Waals surface area contributed by atoms with Gasteiger partial charge in [0.05, 0.1) is 24.3 Å². The summed E-state index contributed by atoms with van der Waals surface area (Å²) in [5.74, 6) is -0.981. The van der Waals surface area contributed by atoms with E-state index in [9.17, 15) is 9.59 Å². The second-order valence-corrected chi connectivity index (χ2v) is 5.58. The van der Waals surface area contributed by atoms with Crippen LogP contribution in [0.2, 0.25) is 0 Å². The summed E-state index contributed by atoms with van der Waals surface area (Å²) in [5, 5.41) is 0. The fraction of sp³-hybridized carbons (Fsp3) is 0.500. The van der Waals surface area contributed by atoms with E-state index in [2.05, 4.69) is 15.9 Å². The molecule has 1 rings (SSSR count). The van der Waals surface area contributed by atoms with Gasteiger partial charge < -0.3 is 9.47 Å². The molecule has 0 unspecified atom stereocenters. The quantitative estimate of drug-likeness (QED) is 0.512. The molecule has 21 heavy (non-hydrogen) atoms. The van der Waals surface area contributed by atoms with Gasteiger partial charge in [-0.25, -0.2) is 9.59 Å². The summed E-state index contributed by atoms with van der Waals surface area (Å²) < 4.78 is 11.1. The van der Waals surface area contributed by atoms with Crippen molar-refractivity contribution in [3.8, 4) is 0 Å². The summed E-state index contributed by atoms with van der Waals surface area (Å²) >= 11 is 3.30. The minimum atomic E-state index is -0.493. The number of hydrogen-bond acceptors (Lipinski definition) is 4. The molecular formula is C16H21BrO4. The number of esters is 2. The number of unbranched alkanes of at least 4 members (excludes halogenated alkanes) is 2. The van der Waals surface area contributed by atoms with Crippen LogP contribution in [0.5, 0.6) is 0 Å². The van der Waals surface area contributed by atoms with Crippen molar-refractivity contribution in [2.45, 2.75) is 39.5 Å². The van der Waals surface area contributed by atoms with Crippen molar-refractivity contribution in [3.05, 3.63) is 33.8 Å². The lowest BCUT2D eigenvalue weighted by Crippen LogP contribution is -2.15. The summed E-state index contributed by atoms with van der Waals surface area (Å²) in [6.07, 6.45) is 3.49. The highest BCUT2D eigenvalue weighted by Crippen LogP contribution is 2.19. The van der Waals surface area contributed by atoms with Crippen LogP contribution in [0, 0.1) is 0 Å². The topological polar surface area (TPSA) is 52.6 Å². The van der Waals surface area contributed by atoms with Gasteiger partial charge in [0.1, 0.15) is 0 Å². The highest BCUT2D eigenvalue weighted by molar-refractivity contribution is 9.10. The van der Waals surface area contributed by atoms with Crippen LogP contribution in [0.3, 0.4) is 0 Å². The van der Waals surface area contributed by atoms with Crippen LogP contribution >= 0.6 is 15.9 Å². The summed E-state index contributed by atoms with van der Waals surface area (Å²) in [7, 11) is 0. The second-order valence-electron chi connectivity index (χ2n) is 4.67. The number of rotatable bonds is 8. The van der Waals surface area contributed by atoms with Crippen molar-refractivity contribution < 1.29 is 19.1 Å². The van der Waals surface area contributed by atoms with E-state index >= 15 is 0 Å². The van der Waals surface area contributed by atoms with E-state index in [-0.39, 0.29) is 11.1 Å². The van der Waals surface area contributed by atoms with Crippen LogP contribution in [0.4, 0.5) is 0 Å². The Morgan fingerprint density at radius 3 is 2.00 bits per heavy atom. The van der Waals surface area contributed by atoms with Gasteiger partial charge in [0.15, 0.2) is 0 Å². The number of hydrogen-bond donors (Lipinski definition) is 0. The Kier molecular flexibility index (Phi) is 8.05. The Hall–Kier alpha value is -1.36. The van der Waals surface area contributed by atoms with Crippen molar-refractivity contribution in [2.75, 3.05) is 13.2 Å². The molecule has 0 radical (unpaired) electrons. The fourth-order valence-corrected chi connectivity index (χ4v) is 2.00. The van der Waals surface area contributed by atoms with Gasteiger partial charge in [0.25, 0.3) is 0 Å². The van der Waals surface area contributed by atoms with E-state index in [1.165, 1.54) is 0 Å². The van der Waals surface area contributed by atoms with E-state index in [1.54, 1.807) is 18.2 Å². The molecule has 0 aromatic heterocycles. The third kappa shape index (κ3) is 5.87. The first-order chi connectivity index (χ1) is 10.1. The predicted molar refractivity (Wildman–Crippen MR) is 84.5 cm³/mol. The van der Waals surface area contributed by atoms with Crippen LogP contribution in [0.25, 0.3) is 0 Å². The van der Waals surface area contributed by atoms with Gasteiger partial charge in [0.2, 0.25) is 0 Å². The van der Waals surface area contributed by atoms with Gasteiger partial charge in [-0.1, -0.05) is 42.6 Å². The number of benzene rings is 1. The Labute approximate surface area is 133 Å². The van der Waals surface area contributed by atoms with Crippen molar-refractivity contribution >= 4 is 27.9 Å². The summed E-state index contributed by atoms with van der Waals surface area (Å²) in [4.78, 5) is 24.1. The highest BCUT2D eigenvalue weighted by atomic mass is 79.9. The van der Waals surface area contributed by atoms with Gasteiger partial charge in [-0.15, -0.1) is 0 Å². The Bertz CT molecular complexity index is 485. The standard InChI is InChI=1S/C16H21BrO4/c1-3-5-9-20-15(18)13-8-7-12(17)11-14(13)16(19)21-10-6-4-2/h7-8,11H,3-6,9-10H2,1-2H3. The first-order valence-corrected chi connectivity index (χ1v) is 8.03. The van der Waals surface area contributed by atoms with E-state index in [1.807, 2.05) is 13.8 Å². The van der Waals surface area contributed by atoms with E-state index in [4.69, 9.17) is 9.47 Å². The smallest absolute Gasteiger partial charge is 0.339 e. The van der Waals surface area contributed by atoms with Gasteiger partial charge in [-0.2, -0.15) is 0 Å². The SMILES string of the molecule is CCCCOC(=O)c1ccc(Br)cc1C(=O)OCCCC. The summed E-state index contributed by atoms with van der Waals surface area (Å²) in [5.41, 5.74) is 0.484. The highest BCUT2D eigenvalue weighted by Gasteiger charge is 2.19. The Morgan fingerprint density at radius 2 is 1.48 bits per heavy atom. The van der Waals surface area contributed by atoms with Crippen molar-refractivity contribution in [3.63, 3.8) is 0 Å². The molecule has 0 spiro atoms. The zero-order chi connectivity index (χ0) is 15.7. The van der Waals surface area contributed by atoms with Crippen LogP contribution in [0.1, 0.15) is 60.2 Å². The number of ether oxygens (including phenoxy) is 2. The molecule has 116 valence electrons. The molecule has 0 aliphatic heterocycles. The van der Waals surface area contributed by atoms with Gasteiger partial charge >= 0.3 is 11.9 Å². The van der Waals surface area contributed by atoms with Crippen molar-refractivity contribution in [1.29, 1.82) is 0 Å². The molecule has 0 aliphatic carbocycles. The third-order valence-electron chi connectivity index (χ3n) is 2.88. The predicted octanol–water partition coefficient (Wildman–Crippen LogP) is 4.36. The molecule has 4 nitrogen and oxygen atoms in total. The Balaban J connectivity index is 2.83. The molecule has 0 N–H and O–H groups in total. The van der Waals surface area contributed by atoms with Gasteiger partial charge in [-0.3, -0.25) is 0 Å². The second kappa shape index (κ2) is 9.55. The average Bonchev–Trinajstić information content (AvgIpc) is 2.47. The maximum atomic E-state index is 12.1. The lowest BCUT2D eigenvalue weighted by Gasteiger charge is -2.10. The molecule has 0 heterocycles. The molecule has 0 atom stereocenters. The molecule has 0 saturated carbocycles. The average molecular weight is 357 g/mol. The molecule has 1 aromatic rings. The van der Waals surface area contributed by atoms with E-state index in [0.29, 0.717) is 13.2 Å². The minimum absolute atomic E-state index is 0.238. The van der Waals surface area contributed by atoms with Gasteiger partial charge in [0, 0.05) is 4.47 Å². The molecule has 0 bridgehead atoms. The van der Waals surface area contributed by atoms with Crippen LogP contribution in [-0.4, -0.2) is 25.2 Å². The maximum absolute atomic E-state index is 12.1. The molecule has 0 amide bonds. The zero-order valence-corrected chi connectivity index (χ0v) is 14.1. The monoisotopic (exact) mass is 356 g/mol. The van der Waals surface area contributed by atoms with Crippen LogP contribution in [-0.2, 0) is 9.47 Å². The summed E-state index contributed by atoms with van der Waals surface area (Å²) in [6, 6.07) is 4.87. The molecule has 0 saturated heterocycles. The third-order valence-corrected chi connectivity index (χ3v) is 3.38. The molecule has 0 fully saturated rings. The molecular weight excluding hydrogens is 336 g/mol. The van der Waals surface area contributed by atoms with Crippen LogP contribution < -0.4 is 0 Å². The molecule has 5 heteroatoms. The number of carbonyl (C=O) groups excluding carboxylic acids is 2. The van der Waals surface area contributed by atoms with E-state index in [0.717, 1.165) is 30.2 Å². The van der Waals surface area contributed by atoms with Crippen LogP contribution in [0.15, 0.2) is 22.7 Å². The first kappa shape index (κ1) is 17.7. The molecule has 1 aromatic carbocycles. The minimum Gasteiger partial charge on any atom is -0.462 e.